The lowest BCUT2D eigenvalue weighted by atomic mass is 10.2. The molecule has 0 radical (unpaired) electrons. The molecule has 2 N–H and O–H groups in total. The third-order valence-electron chi connectivity index (χ3n) is 2.73. The first-order valence-corrected chi connectivity index (χ1v) is 6.17. The van der Waals surface area contributed by atoms with Crippen molar-refractivity contribution in [1.82, 2.24) is 9.55 Å². The summed E-state index contributed by atoms with van der Waals surface area (Å²) in [6.45, 7) is 1.37. The summed E-state index contributed by atoms with van der Waals surface area (Å²) in [6, 6.07) is 1.55. The largest absolute Gasteiger partial charge is 0.391 e. The number of nitrogens with two attached hydrogens (primary N) is 1. The van der Waals surface area contributed by atoms with Gasteiger partial charge in [0.2, 0.25) is 5.95 Å². The van der Waals surface area contributed by atoms with Gasteiger partial charge in [0.15, 0.2) is 0 Å². The first kappa shape index (κ1) is 14.1. The summed E-state index contributed by atoms with van der Waals surface area (Å²) in [7, 11) is 0. The van der Waals surface area contributed by atoms with Crippen LogP contribution in [0, 0.1) is 5.82 Å². The zero-order valence-corrected chi connectivity index (χ0v) is 11.4. The first-order chi connectivity index (χ1) is 8.69. The Bertz CT molecular complexity index is 620. The standard InChI is InChI=1S/C11H10BrF4N3/c1-5(4-11(14,15)16)19-9-3-7(13)6(12)2-8(9)18-10(19)17/h2-3,5H,4H2,1H3,(H2,17,18). The minimum absolute atomic E-state index is 0.0655. The predicted octanol–water partition coefficient (Wildman–Crippen LogP) is 4.03. The third-order valence-corrected chi connectivity index (χ3v) is 3.33. The Kier molecular flexibility index (Phi) is 3.46. The fourth-order valence-electron chi connectivity index (χ4n) is 2.00. The number of fused-ring (bicyclic) bond motifs is 1. The molecule has 0 fully saturated rings. The van der Waals surface area contributed by atoms with Crippen molar-refractivity contribution >= 4 is 32.9 Å². The summed E-state index contributed by atoms with van der Waals surface area (Å²) in [6.07, 6.45) is -5.38. The van der Waals surface area contributed by atoms with Gasteiger partial charge in [0, 0.05) is 12.1 Å². The summed E-state index contributed by atoms with van der Waals surface area (Å²) < 4.78 is 52.1. The van der Waals surface area contributed by atoms with Crippen molar-refractivity contribution in [3.63, 3.8) is 0 Å². The SMILES string of the molecule is CC(CC(F)(F)F)n1c(N)nc2cc(Br)c(F)cc21. The molecule has 0 aliphatic rings. The highest BCUT2D eigenvalue weighted by atomic mass is 79.9. The van der Waals surface area contributed by atoms with Crippen molar-refractivity contribution in [3.05, 3.63) is 22.4 Å². The summed E-state index contributed by atoms with van der Waals surface area (Å²) in [5.74, 6) is -0.642. The van der Waals surface area contributed by atoms with Crippen LogP contribution in [-0.4, -0.2) is 15.7 Å². The van der Waals surface area contributed by atoms with Crippen molar-refractivity contribution in [2.24, 2.45) is 0 Å². The van der Waals surface area contributed by atoms with Crippen LogP contribution >= 0.6 is 15.9 Å². The number of nitrogen functional groups attached to an aromatic ring is 1. The van der Waals surface area contributed by atoms with Crippen LogP contribution in [0.4, 0.5) is 23.5 Å². The van der Waals surface area contributed by atoms with Crippen LogP contribution in [0.2, 0.25) is 0 Å². The van der Waals surface area contributed by atoms with Crippen molar-refractivity contribution in [2.75, 3.05) is 5.73 Å². The number of halogens is 5. The topological polar surface area (TPSA) is 43.8 Å². The highest BCUT2D eigenvalue weighted by Crippen LogP contribution is 2.33. The number of alkyl halides is 3. The second kappa shape index (κ2) is 4.66. The fraction of sp³-hybridized carbons (Fsp3) is 0.364. The van der Waals surface area contributed by atoms with Crippen LogP contribution in [0.15, 0.2) is 16.6 Å². The van der Waals surface area contributed by atoms with Crippen LogP contribution in [0.1, 0.15) is 19.4 Å². The molecule has 0 bridgehead atoms. The van der Waals surface area contributed by atoms with Gasteiger partial charge in [-0.1, -0.05) is 0 Å². The monoisotopic (exact) mass is 339 g/mol. The van der Waals surface area contributed by atoms with E-state index in [0.717, 1.165) is 6.07 Å². The molecule has 1 heterocycles. The molecule has 3 nitrogen and oxygen atoms in total. The summed E-state index contributed by atoms with van der Waals surface area (Å²) in [4.78, 5) is 3.94. The number of rotatable bonds is 2. The van der Waals surface area contributed by atoms with Crippen molar-refractivity contribution in [3.8, 4) is 0 Å². The van der Waals surface area contributed by atoms with Crippen LogP contribution < -0.4 is 5.73 Å². The average molecular weight is 340 g/mol. The Morgan fingerprint density at radius 2 is 2.05 bits per heavy atom. The van der Waals surface area contributed by atoms with Crippen LogP contribution in [0.3, 0.4) is 0 Å². The van der Waals surface area contributed by atoms with E-state index in [-0.39, 0.29) is 15.9 Å². The van der Waals surface area contributed by atoms with E-state index in [1.165, 1.54) is 17.6 Å². The molecule has 2 aromatic rings. The number of benzene rings is 1. The highest BCUT2D eigenvalue weighted by molar-refractivity contribution is 9.10. The summed E-state index contributed by atoms with van der Waals surface area (Å²) >= 11 is 2.99. The van der Waals surface area contributed by atoms with Crippen LogP contribution in [0.25, 0.3) is 11.0 Å². The molecule has 0 saturated carbocycles. The van der Waals surface area contributed by atoms with E-state index in [1.54, 1.807) is 0 Å². The van der Waals surface area contributed by atoms with E-state index in [2.05, 4.69) is 20.9 Å². The molecule has 0 saturated heterocycles. The van der Waals surface area contributed by atoms with Gasteiger partial charge in [-0.25, -0.2) is 9.37 Å². The van der Waals surface area contributed by atoms with E-state index < -0.39 is 24.5 Å². The van der Waals surface area contributed by atoms with Gasteiger partial charge in [0.25, 0.3) is 0 Å². The van der Waals surface area contributed by atoms with Crippen LogP contribution in [-0.2, 0) is 0 Å². The molecule has 0 spiro atoms. The van der Waals surface area contributed by atoms with Gasteiger partial charge in [0.05, 0.1) is 21.9 Å². The molecule has 1 atom stereocenters. The maximum Gasteiger partial charge on any atom is 0.391 e. The molecule has 0 amide bonds. The molecular weight excluding hydrogens is 330 g/mol. The maximum absolute atomic E-state index is 13.5. The molecule has 8 heteroatoms. The molecule has 1 unspecified atom stereocenters. The van der Waals surface area contributed by atoms with Gasteiger partial charge in [-0.2, -0.15) is 13.2 Å². The van der Waals surface area contributed by atoms with Gasteiger partial charge in [-0.15, -0.1) is 0 Å². The van der Waals surface area contributed by atoms with Crippen LogP contribution in [0.5, 0.6) is 0 Å². The zero-order chi connectivity index (χ0) is 14.4. The lowest BCUT2D eigenvalue weighted by Gasteiger charge is -2.17. The minimum Gasteiger partial charge on any atom is -0.369 e. The number of imidazole rings is 1. The lowest BCUT2D eigenvalue weighted by Crippen LogP contribution is -2.17. The Morgan fingerprint density at radius 1 is 1.42 bits per heavy atom. The molecule has 19 heavy (non-hydrogen) atoms. The van der Waals surface area contributed by atoms with E-state index in [9.17, 15) is 17.6 Å². The minimum atomic E-state index is -4.32. The molecule has 0 aliphatic heterocycles. The number of anilines is 1. The number of nitrogens with zero attached hydrogens (tertiary/aromatic N) is 2. The van der Waals surface area contributed by atoms with E-state index in [4.69, 9.17) is 5.73 Å². The number of hydrogen-bond donors (Lipinski definition) is 1. The van der Waals surface area contributed by atoms with E-state index in [1.807, 2.05) is 0 Å². The Balaban J connectivity index is 2.54. The second-order valence-electron chi connectivity index (χ2n) is 4.26. The smallest absolute Gasteiger partial charge is 0.369 e. The summed E-state index contributed by atoms with van der Waals surface area (Å²) in [5.41, 5.74) is 6.21. The number of aromatic nitrogens is 2. The number of hydrogen-bond acceptors (Lipinski definition) is 2. The van der Waals surface area contributed by atoms with Gasteiger partial charge in [0.1, 0.15) is 5.82 Å². The van der Waals surface area contributed by atoms with Crippen molar-refractivity contribution in [1.29, 1.82) is 0 Å². The quantitative estimate of drug-likeness (QED) is 0.839. The lowest BCUT2D eigenvalue weighted by molar-refractivity contribution is -0.141. The molecular formula is C11H10BrF4N3. The van der Waals surface area contributed by atoms with E-state index in [0.29, 0.717) is 5.52 Å². The molecule has 0 aliphatic carbocycles. The average Bonchev–Trinajstić information content (AvgIpc) is 2.52. The second-order valence-corrected chi connectivity index (χ2v) is 5.12. The predicted molar refractivity (Wildman–Crippen MR) is 67.2 cm³/mol. The summed E-state index contributed by atoms with van der Waals surface area (Å²) in [5, 5.41) is 0. The highest BCUT2D eigenvalue weighted by Gasteiger charge is 2.32. The Morgan fingerprint density at radius 3 is 2.63 bits per heavy atom. The van der Waals surface area contributed by atoms with Gasteiger partial charge < -0.3 is 10.3 Å². The first-order valence-electron chi connectivity index (χ1n) is 5.38. The maximum atomic E-state index is 13.5. The third kappa shape index (κ3) is 2.83. The van der Waals surface area contributed by atoms with Gasteiger partial charge in [-0.3, -0.25) is 0 Å². The zero-order valence-electron chi connectivity index (χ0n) is 9.80. The molecule has 2 rings (SSSR count). The molecule has 1 aromatic heterocycles. The fourth-order valence-corrected chi connectivity index (χ4v) is 2.33. The van der Waals surface area contributed by atoms with E-state index >= 15 is 0 Å². The molecule has 1 aromatic carbocycles. The Labute approximate surface area is 114 Å². The van der Waals surface area contributed by atoms with Gasteiger partial charge in [-0.05, 0) is 28.9 Å². The normalized spacial score (nSPS) is 14.0. The van der Waals surface area contributed by atoms with Gasteiger partial charge >= 0.3 is 6.18 Å². The van der Waals surface area contributed by atoms with Crippen molar-refractivity contribution < 1.29 is 17.6 Å². The molecule has 104 valence electrons. The Hall–Kier alpha value is -1.31. The van der Waals surface area contributed by atoms with Crippen molar-refractivity contribution in [2.45, 2.75) is 25.6 Å².